The summed E-state index contributed by atoms with van der Waals surface area (Å²) in [4.78, 5) is 0. The summed E-state index contributed by atoms with van der Waals surface area (Å²) in [6.45, 7) is 2.21. The molecule has 0 aliphatic heterocycles. The molecule has 0 spiro atoms. The molecular formula is C11H13NO. The summed E-state index contributed by atoms with van der Waals surface area (Å²) in [6.07, 6.45) is 5.33. The highest BCUT2D eigenvalue weighted by molar-refractivity contribution is 5.77. The van der Waals surface area contributed by atoms with Gasteiger partial charge in [0.15, 0.2) is 0 Å². The van der Waals surface area contributed by atoms with Crippen molar-refractivity contribution in [1.29, 1.82) is 0 Å². The fraction of sp³-hybridized carbons (Fsp3) is 0.364. The van der Waals surface area contributed by atoms with Gasteiger partial charge in [0.25, 0.3) is 0 Å². The Labute approximate surface area is 77.5 Å². The van der Waals surface area contributed by atoms with Gasteiger partial charge in [0.2, 0.25) is 0 Å². The zero-order chi connectivity index (χ0) is 9.10. The van der Waals surface area contributed by atoms with E-state index in [1.807, 2.05) is 6.07 Å². The van der Waals surface area contributed by atoms with Gasteiger partial charge < -0.3 is 4.52 Å². The van der Waals surface area contributed by atoms with E-state index in [1.54, 1.807) is 6.26 Å². The maximum absolute atomic E-state index is 4.87. The third-order valence-electron chi connectivity index (χ3n) is 2.24. The van der Waals surface area contributed by atoms with Gasteiger partial charge in [0, 0.05) is 5.39 Å². The third kappa shape index (κ3) is 1.72. The Balaban J connectivity index is 2.26. The Morgan fingerprint density at radius 3 is 3.15 bits per heavy atom. The summed E-state index contributed by atoms with van der Waals surface area (Å²) in [7, 11) is 0. The largest absolute Gasteiger partial charge is 0.364 e. The lowest BCUT2D eigenvalue weighted by atomic mass is 10.1. The first kappa shape index (κ1) is 8.30. The molecule has 13 heavy (non-hydrogen) atoms. The molecule has 0 saturated heterocycles. The van der Waals surface area contributed by atoms with Crippen LogP contribution in [-0.2, 0) is 6.42 Å². The molecule has 2 nitrogen and oxygen atoms in total. The van der Waals surface area contributed by atoms with Crippen molar-refractivity contribution < 1.29 is 4.52 Å². The molecule has 0 bridgehead atoms. The van der Waals surface area contributed by atoms with Crippen molar-refractivity contribution in [2.45, 2.75) is 26.2 Å². The Kier molecular flexibility index (Phi) is 2.30. The Morgan fingerprint density at radius 2 is 2.31 bits per heavy atom. The summed E-state index contributed by atoms with van der Waals surface area (Å²) in [5.41, 5.74) is 2.32. The van der Waals surface area contributed by atoms with Crippen LogP contribution in [0, 0.1) is 0 Å². The van der Waals surface area contributed by atoms with Crippen LogP contribution in [0.5, 0.6) is 0 Å². The Morgan fingerprint density at radius 1 is 1.38 bits per heavy atom. The zero-order valence-electron chi connectivity index (χ0n) is 7.79. The molecule has 68 valence electrons. The van der Waals surface area contributed by atoms with Crippen LogP contribution in [0.3, 0.4) is 0 Å². The number of hydrogen-bond acceptors (Lipinski definition) is 2. The molecular weight excluding hydrogens is 162 g/mol. The van der Waals surface area contributed by atoms with E-state index in [0.29, 0.717) is 0 Å². The van der Waals surface area contributed by atoms with Crippen molar-refractivity contribution in [3.8, 4) is 0 Å². The topological polar surface area (TPSA) is 26.0 Å². The number of fused-ring (bicyclic) bond motifs is 1. The maximum Gasteiger partial charge on any atom is 0.131 e. The summed E-state index contributed by atoms with van der Waals surface area (Å²) in [6, 6.07) is 6.30. The van der Waals surface area contributed by atoms with E-state index in [4.69, 9.17) is 4.52 Å². The van der Waals surface area contributed by atoms with Crippen molar-refractivity contribution in [2.24, 2.45) is 0 Å². The lowest BCUT2D eigenvalue weighted by Crippen LogP contribution is -1.83. The second-order valence-corrected chi connectivity index (χ2v) is 3.31. The monoisotopic (exact) mass is 175 g/mol. The van der Waals surface area contributed by atoms with E-state index in [2.05, 4.69) is 24.2 Å². The van der Waals surface area contributed by atoms with Crippen molar-refractivity contribution in [1.82, 2.24) is 5.16 Å². The summed E-state index contributed by atoms with van der Waals surface area (Å²) in [5.74, 6) is 0. The van der Waals surface area contributed by atoms with Gasteiger partial charge in [-0.05, 0) is 30.5 Å². The molecule has 0 N–H and O–H groups in total. The van der Waals surface area contributed by atoms with Gasteiger partial charge in [-0.3, -0.25) is 0 Å². The van der Waals surface area contributed by atoms with Gasteiger partial charge in [-0.1, -0.05) is 24.6 Å². The van der Waals surface area contributed by atoms with Crippen LogP contribution in [0.25, 0.3) is 10.9 Å². The zero-order valence-corrected chi connectivity index (χ0v) is 7.79. The first-order valence-electron chi connectivity index (χ1n) is 4.73. The van der Waals surface area contributed by atoms with Crippen LogP contribution in [0.15, 0.2) is 29.0 Å². The van der Waals surface area contributed by atoms with Crippen LogP contribution in [0.1, 0.15) is 25.3 Å². The molecule has 1 heterocycles. The van der Waals surface area contributed by atoms with Crippen LogP contribution < -0.4 is 0 Å². The first-order valence-corrected chi connectivity index (χ1v) is 4.73. The van der Waals surface area contributed by atoms with Crippen LogP contribution in [0.2, 0.25) is 0 Å². The predicted octanol–water partition coefficient (Wildman–Crippen LogP) is 3.17. The molecule has 0 radical (unpaired) electrons. The summed E-state index contributed by atoms with van der Waals surface area (Å²) >= 11 is 0. The molecule has 0 unspecified atom stereocenters. The van der Waals surface area contributed by atoms with Gasteiger partial charge >= 0.3 is 0 Å². The normalized spacial score (nSPS) is 10.8. The van der Waals surface area contributed by atoms with Crippen molar-refractivity contribution >= 4 is 10.9 Å². The highest BCUT2D eigenvalue weighted by Crippen LogP contribution is 2.15. The van der Waals surface area contributed by atoms with E-state index in [-0.39, 0.29) is 0 Å². The fourth-order valence-electron chi connectivity index (χ4n) is 1.46. The lowest BCUT2D eigenvalue weighted by molar-refractivity contribution is 0.428. The van der Waals surface area contributed by atoms with Crippen molar-refractivity contribution in [2.75, 3.05) is 0 Å². The average Bonchev–Trinajstić information content (AvgIpc) is 2.61. The SMILES string of the molecule is CCCCc1ccc2nocc2c1. The minimum atomic E-state index is 0.945. The molecule has 2 heteroatoms. The molecule has 2 aromatic rings. The highest BCUT2D eigenvalue weighted by atomic mass is 16.5. The Bertz CT molecular complexity index is 392. The van der Waals surface area contributed by atoms with Gasteiger partial charge in [-0.15, -0.1) is 0 Å². The van der Waals surface area contributed by atoms with Gasteiger partial charge in [0.1, 0.15) is 11.8 Å². The molecule has 0 fully saturated rings. The molecule has 0 aliphatic carbocycles. The van der Waals surface area contributed by atoms with Crippen molar-refractivity contribution in [3.63, 3.8) is 0 Å². The predicted molar refractivity (Wildman–Crippen MR) is 52.6 cm³/mol. The molecule has 0 saturated carbocycles. The quantitative estimate of drug-likeness (QED) is 0.716. The Hall–Kier alpha value is -1.31. The fourth-order valence-corrected chi connectivity index (χ4v) is 1.46. The van der Waals surface area contributed by atoms with E-state index in [0.717, 1.165) is 17.3 Å². The minimum absolute atomic E-state index is 0.945. The van der Waals surface area contributed by atoms with E-state index >= 15 is 0 Å². The average molecular weight is 175 g/mol. The number of rotatable bonds is 3. The molecule has 0 amide bonds. The number of hydrogen-bond donors (Lipinski definition) is 0. The summed E-state index contributed by atoms with van der Waals surface area (Å²) < 4.78 is 4.87. The minimum Gasteiger partial charge on any atom is -0.364 e. The second kappa shape index (κ2) is 3.60. The van der Waals surface area contributed by atoms with Gasteiger partial charge in [-0.2, -0.15) is 0 Å². The van der Waals surface area contributed by atoms with Gasteiger partial charge in [-0.25, -0.2) is 0 Å². The molecule has 2 rings (SSSR count). The number of unbranched alkanes of at least 4 members (excludes halogenated alkanes) is 1. The molecule has 1 aromatic heterocycles. The van der Waals surface area contributed by atoms with Gasteiger partial charge in [0.05, 0.1) is 0 Å². The van der Waals surface area contributed by atoms with Crippen LogP contribution in [-0.4, -0.2) is 5.16 Å². The molecule has 0 aliphatic rings. The number of aryl methyl sites for hydroxylation is 1. The second-order valence-electron chi connectivity index (χ2n) is 3.31. The van der Waals surface area contributed by atoms with E-state index in [9.17, 15) is 0 Å². The van der Waals surface area contributed by atoms with Crippen molar-refractivity contribution in [3.05, 3.63) is 30.0 Å². The number of benzene rings is 1. The maximum atomic E-state index is 4.87. The number of aromatic nitrogens is 1. The van der Waals surface area contributed by atoms with E-state index in [1.165, 1.54) is 18.4 Å². The summed E-state index contributed by atoms with van der Waals surface area (Å²) in [5, 5.41) is 4.97. The number of nitrogens with zero attached hydrogens (tertiary/aromatic N) is 1. The third-order valence-corrected chi connectivity index (χ3v) is 2.24. The highest BCUT2D eigenvalue weighted by Gasteiger charge is 1.98. The lowest BCUT2D eigenvalue weighted by Gasteiger charge is -1.97. The molecule has 0 atom stereocenters. The van der Waals surface area contributed by atoms with Crippen LogP contribution in [0.4, 0.5) is 0 Å². The standard InChI is InChI=1S/C11H13NO/c1-2-3-4-9-5-6-11-10(7-9)8-13-12-11/h5-8H,2-4H2,1H3. The molecule has 1 aromatic carbocycles. The van der Waals surface area contributed by atoms with E-state index < -0.39 is 0 Å². The first-order chi connectivity index (χ1) is 6.40. The van der Waals surface area contributed by atoms with Crippen LogP contribution >= 0.6 is 0 Å². The smallest absolute Gasteiger partial charge is 0.131 e.